The summed E-state index contributed by atoms with van der Waals surface area (Å²) in [5, 5.41) is 0. The van der Waals surface area contributed by atoms with Gasteiger partial charge in [0.25, 0.3) is 0 Å². The maximum Gasteiger partial charge on any atom is 0.137 e. The smallest absolute Gasteiger partial charge is 0.137 e. The third kappa shape index (κ3) is 5.10. The molecule has 53 heavy (non-hydrogen) atoms. The van der Waals surface area contributed by atoms with Crippen LogP contribution in [0, 0.1) is 0 Å². The molecule has 10 rings (SSSR count). The second-order valence-electron chi connectivity index (χ2n) is 14.5. The highest BCUT2D eigenvalue weighted by Gasteiger charge is 2.36. The van der Waals surface area contributed by atoms with Crippen LogP contribution in [0.4, 0.5) is 17.1 Å². The summed E-state index contributed by atoms with van der Waals surface area (Å²) in [6.45, 7) is 4.69. The zero-order valence-electron chi connectivity index (χ0n) is 29.8. The number of fused-ring (bicyclic) bond motifs is 8. The number of benzene rings is 8. The molecule has 8 aromatic carbocycles. The average molecular weight is 680 g/mol. The highest BCUT2D eigenvalue weighted by atomic mass is 16.5. The van der Waals surface area contributed by atoms with E-state index in [9.17, 15) is 0 Å². The molecule has 2 aliphatic rings. The van der Waals surface area contributed by atoms with Crippen LogP contribution in [0.1, 0.15) is 25.0 Å². The molecule has 2 nitrogen and oxygen atoms in total. The molecule has 0 aromatic heterocycles. The minimum atomic E-state index is -0.122. The summed E-state index contributed by atoms with van der Waals surface area (Å²) in [5.41, 5.74) is 17.7. The lowest BCUT2D eigenvalue weighted by Gasteiger charge is -2.29. The van der Waals surface area contributed by atoms with Crippen LogP contribution in [-0.2, 0) is 5.41 Å². The quantitative estimate of drug-likeness (QED) is 0.180. The minimum Gasteiger partial charge on any atom is -0.456 e. The van der Waals surface area contributed by atoms with Crippen molar-refractivity contribution < 1.29 is 4.74 Å². The normalized spacial score (nSPS) is 13.0. The van der Waals surface area contributed by atoms with E-state index in [1.54, 1.807) is 0 Å². The van der Waals surface area contributed by atoms with E-state index in [0.29, 0.717) is 0 Å². The van der Waals surface area contributed by atoms with Gasteiger partial charge in [0.2, 0.25) is 0 Å². The molecule has 1 aliphatic heterocycles. The van der Waals surface area contributed by atoms with Crippen LogP contribution in [0.2, 0.25) is 0 Å². The van der Waals surface area contributed by atoms with E-state index >= 15 is 0 Å². The second kappa shape index (κ2) is 12.3. The predicted octanol–water partition coefficient (Wildman–Crippen LogP) is 14.2. The van der Waals surface area contributed by atoms with E-state index in [1.165, 1.54) is 55.6 Å². The molecule has 0 saturated heterocycles. The minimum absolute atomic E-state index is 0.122. The van der Waals surface area contributed by atoms with Crippen molar-refractivity contribution in [3.05, 3.63) is 199 Å². The first kappa shape index (κ1) is 31.1. The SMILES string of the molecule is CC1(C)c2ccccc2-c2ccc(N(c3ccc(-c4ccccc4)cc3)c3ccc4c(c3)Oc3ccccc3-c3cccc(-c5ccccc5)c3-4)cc21. The van der Waals surface area contributed by atoms with Gasteiger partial charge in [0, 0.05) is 45.2 Å². The Balaban J connectivity index is 1.17. The van der Waals surface area contributed by atoms with Gasteiger partial charge in [-0.25, -0.2) is 0 Å². The van der Waals surface area contributed by atoms with Crippen molar-refractivity contribution in [3.8, 4) is 67.1 Å². The molecule has 8 aromatic rings. The van der Waals surface area contributed by atoms with Gasteiger partial charge in [-0.15, -0.1) is 0 Å². The summed E-state index contributed by atoms with van der Waals surface area (Å²) in [6.07, 6.45) is 0. The lowest BCUT2D eigenvalue weighted by molar-refractivity contribution is 0.488. The second-order valence-corrected chi connectivity index (χ2v) is 14.5. The van der Waals surface area contributed by atoms with Crippen LogP contribution in [0.25, 0.3) is 55.6 Å². The first-order valence-corrected chi connectivity index (χ1v) is 18.3. The zero-order valence-corrected chi connectivity index (χ0v) is 29.8. The van der Waals surface area contributed by atoms with Gasteiger partial charge in [-0.1, -0.05) is 153 Å². The molecular weight excluding hydrogens is 643 g/mol. The van der Waals surface area contributed by atoms with Crippen LogP contribution in [-0.4, -0.2) is 0 Å². The Hall–Kier alpha value is -6.64. The van der Waals surface area contributed by atoms with Gasteiger partial charge in [-0.05, 0) is 92.5 Å². The van der Waals surface area contributed by atoms with Crippen molar-refractivity contribution in [2.75, 3.05) is 4.90 Å². The maximum absolute atomic E-state index is 6.94. The van der Waals surface area contributed by atoms with Crippen molar-refractivity contribution in [1.82, 2.24) is 0 Å². The van der Waals surface area contributed by atoms with Crippen LogP contribution in [0.5, 0.6) is 11.5 Å². The fraction of sp³-hybridized carbons (Fsp3) is 0.0588. The summed E-state index contributed by atoms with van der Waals surface area (Å²) in [6, 6.07) is 67.7. The number of nitrogens with zero attached hydrogens (tertiary/aromatic N) is 1. The topological polar surface area (TPSA) is 12.5 Å². The van der Waals surface area contributed by atoms with E-state index in [4.69, 9.17) is 4.74 Å². The van der Waals surface area contributed by atoms with Gasteiger partial charge >= 0.3 is 0 Å². The summed E-state index contributed by atoms with van der Waals surface area (Å²) in [5.74, 6) is 1.68. The molecule has 0 N–H and O–H groups in total. The predicted molar refractivity (Wildman–Crippen MR) is 221 cm³/mol. The van der Waals surface area contributed by atoms with Crippen LogP contribution in [0.3, 0.4) is 0 Å². The number of hydrogen-bond acceptors (Lipinski definition) is 2. The Labute approximate surface area is 311 Å². The average Bonchev–Trinajstić information content (AvgIpc) is 3.34. The van der Waals surface area contributed by atoms with E-state index in [-0.39, 0.29) is 5.41 Å². The molecule has 1 heterocycles. The molecular formula is C51H37NO. The number of anilines is 3. The summed E-state index contributed by atoms with van der Waals surface area (Å²) < 4.78 is 6.94. The number of para-hydroxylation sites is 1. The van der Waals surface area contributed by atoms with Gasteiger partial charge in [-0.3, -0.25) is 0 Å². The summed E-state index contributed by atoms with van der Waals surface area (Å²) >= 11 is 0. The van der Waals surface area contributed by atoms with Gasteiger partial charge in [-0.2, -0.15) is 0 Å². The molecule has 0 radical (unpaired) electrons. The number of ether oxygens (including phenoxy) is 1. The molecule has 0 unspecified atom stereocenters. The van der Waals surface area contributed by atoms with E-state index in [2.05, 4.69) is 207 Å². The lowest BCUT2D eigenvalue weighted by Crippen LogP contribution is -2.16. The van der Waals surface area contributed by atoms with E-state index < -0.39 is 0 Å². The first-order chi connectivity index (χ1) is 26.0. The molecule has 0 saturated carbocycles. The Morgan fingerprint density at radius 3 is 1.68 bits per heavy atom. The fourth-order valence-electron chi connectivity index (χ4n) is 8.48. The monoisotopic (exact) mass is 679 g/mol. The van der Waals surface area contributed by atoms with Gasteiger partial charge in [0.1, 0.15) is 11.5 Å². The van der Waals surface area contributed by atoms with Crippen molar-refractivity contribution in [3.63, 3.8) is 0 Å². The Morgan fingerprint density at radius 2 is 0.906 bits per heavy atom. The van der Waals surface area contributed by atoms with Crippen LogP contribution < -0.4 is 9.64 Å². The Bertz CT molecular complexity index is 2660. The maximum atomic E-state index is 6.94. The molecule has 252 valence electrons. The molecule has 0 amide bonds. The Morgan fingerprint density at radius 1 is 0.358 bits per heavy atom. The molecule has 0 fully saturated rings. The fourth-order valence-corrected chi connectivity index (χ4v) is 8.48. The van der Waals surface area contributed by atoms with Crippen molar-refractivity contribution in [1.29, 1.82) is 0 Å². The zero-order chi connectivity index (χ0) is 35.5. The highest BCUT2D eigenvalue weighted by molar-refractivity contribution is 5.99. The molecule has 0 spiro atoms. The van der Waals surface area contributed by atoms with Gasteiger partial charge < -0.3 is 9.64 Å². The first-order valence-electron chi connectivity index (χ1n) is 18.3. The van der Waals surface area contributed by atoms with E-state index in [1.807, 2.05) is 0 Å². The molecule has 0 atom stereocenters. The molecule has 2 heteroatoms. The van der Waals surface area contributed by atoms with Crippen LogP contribution in [0.15, 0.2) is 188 Å². The third-order valence-electron chi connectivity index (χ3n) is 11.1. The number of rotatable bonds is 5. The molecule has 1 aliphatic carbocycles. The highest BCUT2D eigenvalue weighted by Crippen LogP contribution is 2.53. The molecule has 0 bridgehead atoms. The Kier molecular flexibility index (Phi) is 7.19. The van der Waals surface area contributed by atoms with Crippen LogP contribution >= 0.6 is 0 Å². The van der Waals surface area contributed by atoms with Crippen molar-refractivity contribution in [2.45, 2.75) is 19.3 Å². The van der Waals surface area contributed by atoms with Gasteiger partial charge in [0.05, 0.1) is 0 Å². The third-order valence-corrected chi connectivity index (χ3v) is 11.1. The van der Waals surface area contributed by atoms with E-state index in [0.717, 1.165) is 39.7 Å². The van der Waals surface area contributed by atoms with Gasteiger partial charge in [0.15, 0.2) is 0 Å². The number of hydrogen-bond donors (Lipinski definition) is 0. The summed E-state index contributed by atoms with van der Waals surface area (Å²) in [4.78, 5) is 2.37. The van der Waals surface area contributed by atoms with Crippen molar-refractivity contribution >= 4 is 17.1 Å². The standard InChI is InChI=1S/C51H37NO/c1-51(2)46-22-11-9-18-41(46)42-30-28-38(32-47(42)51)52(37-26-24-35(25-27-37)34-14-5-3-6-15-34)39-29-31-45-49(33-39)53-48-23-12-10-19-43(48)44-21-13-20-40(50(44)45)36-16-7-4-8-17-36/h3-33H,1-2H3. The summed E-state index contributed by atoms with van der Waals surface area (Å²) in [7, 11) is 0. The van der Waals surface area contributed by atoms with Crippen molar-refractivity contribution in [2.24, 2.45) is 0 Å². The lowest BCUT2D eigenvalue weighted by atomic mass is 9.82. The largest absolute Gasteiger partial charge is 0.456 e.